The molecule has 2 nitrogen and oxygen atoms in total. The van der Waals surface area contributed by atoms with Crippen molar-refractivity contribution in [3.8, 4) is 0 Å². The number of hydrogen-bond acceptors (Lipinski definition) is 2. The Bertz CT molecular complexity index is 166. The molecule has 0 aromatic carbocycles. The van der Waals surface area contributed by atoms with E-state index in [-0.39, 0.29) is 0 Å². The molecular weight excluding hydrogens is 210 g/mol. The van der Waals surface area contributed by atoms with Crippen LogP contribution in [-0.4, -0.2) is 18.8 Å². The molecule has 2 N–H and O–H groups in total. The van der Waals surface area contributed by atoms with Gasteiger partial charge < -0.3 is 10.5 Å². The Morgan fingerprint density at radius 2 is 1.88 bits per heavy atom. The van der Waals surface area contributed by atoms with E-state index in [1.807, 2.05) is 0 Å². The topological polar surface area (TPSA) is 35.2 Å². The highest BCUT2D eigenvalue weighted by Crippen LogP contribution is 2.18. The maximum Gasteiger partial charge on any atom is 0.0576 e. The number of ether oxygens (including phenoxy) is 1. The zero-order valence-electron chi connectivity index (χ0n) is 11.6. The van der Waals surface area contributed by atoms with Crippen LogP contribution in [-0.2, 0) is 4.74 Å². The van der Waals surface area contributed by atoms with Gasteiger partial charge in [-0.2, -0.15) is 0 Å². The number of nitrogens with two attached hydrogens (primary N) is 1. The summed E-state index contributed by atoms with van der Waals surface area (Å²) in [4.78, 5) is 0. The third-order valence-corrected chi connectivity index (χ3v) is 3.81. The first kappa shape index (κ1) is 15.0. The average Bonchev–Trinajstić information content (AvgIpc) is 2.84. The molecule has 0 spiro atoms. The first-order chi connectivity index (χ1) is 8.33. The lowest BCUT2D eigenvalue weighted by molar-refractivity contribution is 0.100. The fourth-order valence-corrected chi connectivity index (χ4v) is 2.60. The Hall–Kier alpha value is -0.0800. The van der Waals surface area contributed by atoms with Crippen molar-refractivity contribution in [3.63, 3.8) is 0 Å². The van der Waals surface area contributed by atoms with E-state index in [4.69, 9.17) is 10.5 Å². The van der Waals surface area contributed by atoms with Gasteiger partial charge in [-0.1, -0.05) is 45.4 Å². The van der Waals surface area contributed by atoms with Gasteiger partial charge in [0.15, 0.2) is 0 Å². The van der Waals surface area contributed by atoms with Crippen LogP contribution in [0, 0.1) is 0 Å². The minimum atomic E-state index is 0.408. The maximum atomic E-state index is 6.14. The van der Waals surface area contributed by atoms with E-state index in [1.165, 1.54) is 64.2 Å². The van der Waals surface area contributed by atoms with Crippen molar-refractivity contribution in [1.29, 1.82) is 0 Å². The van der Waals surface area contributed by atoms with Crippen LogP contribution in [0.3, 0.4) is 0 Å². The van der Waals surface area contributed by atoms with Crippen molar-refractivity contribution in [2.75, 3.05) is 6.61 Å². The highest BCUT2D eigenvalue weighted by molar-refractivity contribution is 4.69. The molecule has 1 aliphatic heterocycles. The lowest BCUT2D eigenvalue weighted by Gasteiger charge is -2.14. The standard InChI is InChI=1S/C15H31NO/c1-2-3-4-5-6-7-9-14(16)11-12-15-10-8-13-17-15/h14-15H,2-13,16H2,1H3. The summed E-state index contributed by atoms with van der Waals surface area (Å²) in [7, 11) is 0. The Kier molecular flexibility index (Phi) is 8.72. The van der Waals surface area contributed by atoms with Gasteiger partial charge in [-0.25, -0.2) is 0 Å². The van der Waals surface area contributed by atoms with E-state index in [9.17, 15) is 0 Å². The summed E-state index contributed by atoms with van der Waals surface area (Å²) in [5.41, 5.74) is 6.14. The Morgan fingerprint density at radius 1 is 1.12 bits per heavy atom. The second kappa shape index (κ2) is 9.90. The summed E-state index contributed by atoms with van der Waals surface area (Å²) in [6.45, 7) is 3.23. The lowest BCUT2D eigenvalue weighted by atomic mass is 10.0. The van der Waals surface area contributed by atoms with Crippen molar-refractivity contribution in [1.82, 2.24) is 0 Å². The van der Waals surface area contributed by atoms with Gasteiger partial charge in [-0.3, -0.25) is 0 Å². The number of hydrogen-bond donors (Lipinski definition) is 1. The van der Waals surface area contributed by atoms with E-state index < -0.39 is 0 Å². The Balaban J connectivity index is 1.85. The Morgan fingerprint density at radius 3 is 2.59 bits per heavy atom. The summed E-state index contributed by atoms with van der Waals surface area (Å²) < 4.78 is 5.62. The molecule has 0 saturated carbocycles. The quantitative estimate of drug-likeness (QED) is 0.586. The smallest absolute Gasteiger partial charge is 0.0576 e. The molecule has 1 saturated heterocycles. The molecule has 0 aromatic heterocycles. The van der Waals surface area contributed by atoms with Crippen molar-refractivity contribution in [3.05, 3.63) is 0 Å². The van der Waals surface area contributed by atoms with Gasteiger partial charge in [-0.05, 0) is 32.1 Å². The third-order valence-electron chi connectivity index (χ3n) is 3.81. The summed E-state index contributed by atoms with van der Waals surface area (Å²) in [6, 6.07) is 0.408. The normalized spacial score (nSPS) is 21.9. The van der Waals surface area contributed by atoms with Gasteiger partial charge >= 0.3 is 0 Å². The van der Waals surface area contributed by atoms with Crippen molar-refractivity contribution in [2.45, 2.75) is 89.7 Å². The van der Waals surface area contributed by atoms with Gasteiger partial charge in [0.25, 0.3) is 0 Å². The van der Waals surface area contributed by atoms with Gasteiger partial charge in [0.05, 0.1) is 6.10 Å². The molecule has 0 amide bonds. The summed E-state index contributed by atoms with van der Waals surface area (Å²) in [6.07, 6.45) is 14.8. The van der Waals surface area contributed by atoms with Crippen LogP contribution in [0.25, 0.3) is 0 Å². The lowest BCUT2D eigenvalue weighted by Crippen LogP contribution is -2.21. The van der Waals surface area contributed by atoms with Gasteiger partial charge in [0.2, 0.25) is 0 Å². The zero-order valence-corrected chi connectivity index (χ0v) is 11.6. The zero-order chi connectivity index (χ0) is 12.3. The average molecular weight is 241 g/mol. The fourth-order valence-electron chi connectivity index (χ4n) is 2.60. The number of rotatable bonds is 10. The SMILES string of the molecule is CCCCCCCCC(N)CCC1CCCO1. The van der Waals surface area contributed by atoms with Crippen LogP contribution < -0.4 is 5.73 Å². The molecule has 2 atom stereocenters. The molecule has 17 heavy (non-hydrogen) atoms. The highest BCUT2D eigenvalue weighted by atomic mass is 16.5. The minimum Gasteiger partial charge on any atom is -0.378 e. The van der Waals surface area contributed by atoms with Crippen molar-refractivity contribution < 1.29 is 4.74 Å². The van der Waals surface area contributed by atoms with E-state index in [1.54, 1.807) is 0 Å². The number of unbranched alkanes of at least 4 members (excludes halogenated alkanes) is 5. The van der Waals surface area contributed by atoms with Gasteiger partial charge in [0, 0.05) is 12.6 Å². The molecule has 2 heteroatoms. The molecule has 2 unspecified atom stereocenters. The molecule has 1 fully saturated rings. The molecule has 1 aliphatic rings. The van der Waals surface area contributed by atoms with E-state index >= 15 is 0 Å². The third kappa shape index (κ3) is 7.77. The summed E-state index contributed by atoms with van der Waals surface area (Å²) >= 11 is 0. The summed E-state index contributed by atoms with van der Waals surface area (Å²) in [5, 5.41) is 0. The highest BCUT2D eigenvalue weighted by Gasteiger charge is 2.16. The van der Waals surface area contributed by atoms with E-state index in [2.05, 4.69) is 6.92 Å². The van der Waals surface area contributed by atoms with Crippen molar-refractivity contribution >= 4 is 0 Å². The molecule has 0 bridgehead atoms. The second-order valence-corrected chi connectivity index (χ2v) is 5.53. The van der Waals surface area contributed by atoms with Crippen LogP contribution in [0.1, 0.15) is 77.6 Å². The molecule has 0 radical (unpaired) electrons. The van der Waals surface area contributed by atoms with Gasteiger partial charge in [-0.15, -0.1) is 0 Å². The Labute approximate surface area is 107 Å². The maximum absolute atomic E-state index is 6.14. The molecule has 0 aliphatic carbocycles. The first-order valence-corrected chi connectivity index (χ1v) is 7.70. The van der Waals surface area contributed by atoms with Crippen LogP contribution >= 0.6 is 0 Å². The minimum absolute atomic E-state index is 0.408. The molecule has 1 heterocycles. The fraction of sp³-hybridized carbons (Fsp3) is 1.00. The van der Waals surface area contributed by atoms with Crippen LogP contribution in [0.5, 0.6) is 0 Å². The van der Waals surface area contributed by atoms with Crippen molar-refractivity contribution in [2.24, 2.45) is 5.73 Å². The van der Waals surface area contributed by atoms with Crippen LogP contribution in [0.15, 0.2) is 0 Å². The molecule has 1 rings (SSSR count). The predicted molar refractivity (Wildman–Crippen MR) is 74.2 cm³/mol. The monoisotopic (exact) mass is 241 g/mol. The van der Waals surface area contributed by atoms with E-state index in [0.29, 0.717) is 12.1 Å². The van der Waals surface area contributed by atoms with E-state index in [0.717, 1.165) is 13.0 Å². The van der Waals surface area contributed by atoms with Crippen LogP contribution in [0.4, 0.5) is 0 Å². The first-order valence-electron chi connectivity index (χ1n) is 7.70. The molecule has 0 aromatic rings. The predicted octanol–water partition coefficient (Wildman–Crippen LogP) is 4.02. The second-order valence-electron chi connectivity index (χ2n) is 5.53. The largest absolute Gasteiger partial charge is 0.378 e. The summed E-state index contributed by atoms with van der Waals surface area (Å²) in [5.74, 6) is 0. The molecular formula is C15H31NO. The molecule has 102 valence electrons. The van der Waals surface area contributed by atoms with Gasteiger partial charge in [0.1, 0.15) is 0 Å². The van der Waals surface area contributed by atoms with Crippen LogP contribution in [0.2, 0.25) is 0 Å².